The average Bonchev–Trinajstić information content (AvgIpc) is 3.09. The average molecular weight is 482 g/mol. The molecule has 0 aliphatic heterocycles. The summed E-state index contributed by atoms with van der Waals surface area (Å²) < 4.78 is 1.66. The van der Waals surface area contributed by atoms with E-state index < -0.39 is 0 Å². The van der Waals surface area contributed by atoms with Crippen molar-refractivity contribution in [1.29, 1.82) is 0 Å². The zero-order valence-corrected chi connectivity index (χ0v) is 19.8. The van der Waals surface area contributed by atoms with E-state index in [9.17, 15) is 9.59 Å². The van der Waals surface area contributed by atoms with Gasteiger partial charge < -0.3 is 10.2 Å². The van der Waals surface area contributed by atoms with Gasteiger partial charge in [-0.2, -0.15) is 5.10 Å². The minimum Gasteiger partial charge on any atom is -0.332 e. The molecule has 1 N–H and O–H groups in total. The smallest absolute Gasteiger partial charge is 0.254 e. The van der Waals surface area contributed by atoms with Gasteiger partial charge >= 0.3 is 0 Å². The number of rotatable bonds is 5. The number of carbonyl (C=O) groups is 2. The van der Waals surface area contributed by atoms with E-state index in [1.807, 2.05) is 37.3 Å². The SMILES string of the molecule is Cc1nn(C)c2nc(-c3ccccc3)cc(C(=O)N(C)CC(=O)Nc3ccc(Cl)c(Cl)c3)c12. The summed E-state index contributed by atoms with van der Waals surface area (Å²) in [5.74, 6) is -0.666. The summed E-state index contributed by atoms with van der Waals surface area (Å²) in [5, 5.41) is 8.56. The van der Waals surface area contributed by atoms with E-state index in [1.165, 1.54) is 4.90 Å². The normalized spacial score (nSPS) is 10.9. The summed E-state index contributed by atoms with van der Waals surface area (Å²) in [4.78, 5) is 32.1. The van der Waals surface area contributed by atoms with Crippen molar-refractivity contribution in [3.63, 3.8) is 0 Å². The van der Waals surface area contributed by atoms with Gasteiger partial charge in [0.25, 0.3) is 5.91 Å². The lowest BCUT2D eigenvalue weighted by Crippen LogP contribution is -2.35. The van der Waals surface area contributed by atoms with Crippen LogP contribution >= 0.6 is 23.2 Å². The molecule has 4 aromatic rings. The monoisotopic (exact) mass is 481 g/mol. The van der Waals surface area contributed by atoms with Crippen molar-refractivity contribution in [3.05, 3.63) is 75.9 Å². The fraction of sp³-hybridized carbons (Fsp3) is 0.167. The maximum Gasteiger partial charge on any atom is 0.254 e. The van der Waals surface area contributed by atoms with E-state index in [1.54, 1.807) is 43.0 Å². The minimum atomic E-state index is -0.360. The Bertz CT molecular complexity index is 1370. The Morgan fingerprint density at radius 2 is 1.79 bits per heavy atom. The first kappa shape index (κ1) is 22.8. The summed E-state index contributed by atoms with van der Waals surface area (Å²) >= 11 is 11.9. The van der Waals surface area contributed by atoms with Gasteiger partial charge in [-0.15, -0.1) is 0 Å². The predicted octanol–water partition coefficient (Wildman–Crippen LogP) is 4.96. The number of fused-ring (bicyclic) bond motifs is 1. The Balaban J connectivity index is 1.63. The van der Waals surface area contributed by atoms with E-state index in [0.717, 1.165) is 5.56 Å². The van der Waals surface area contributed by atoms with Gasteiger partial charge in [-0.25, -0.2) is 4.98 Å². The number of nitrogens with one attached hydrogen (secondary N) is 1. The van der Waals surface area contributed by atoms with Crippen LogP contribution in [0.2, 0.25) is 10.0 Å². The van der Waals surface area contributed by atoms with E-state index in [4.69, 9.17) is 28.2 Å². The number of nitrogens with zero attached hydrogens (tertiary/aromatic N) is 4. The Hall–Kier alpha value is -3.42. The minimum absolute atomic E-state index is 0.150. The van der Waals surface area contributed by atoms with E-state index in [-0.39, 0.29) is 18.4 Å². The van der Waals surface area contributed by atoms with E-state index >= 15 is 0 Å². The van der Waals surface area contributed by atoms with Gasteiger partial charge in [-0.3, -0.25) is 14.3 Å². The number of aryl methyl sites for hydroxylation is 2. The van der Waals surface area contributed by atoms with Crippen LogP contribution in [0, 0.1) is 6.92 Å². The molecular formula is C24H21Cl2N5O2. The van der Waals surface area contributed by atoms with Crippen molar-refractivity contribution in [1.82, 2.24) is 19.7 Å². The standard InChI is InChI=1S/C24H21Cl2N5O2/c1-14-22-17(12-20(15-7-5-4-6-8-15)28-23(22)31(3)29-14)24(33)30(2)13-21(32)27-16-9-10-18(25)19(26)11-16/h4-12H,13H2,1-3H3,(H,27,32). The lowest BCUT2D eigenvalue weighted by molar-refractivity contribution is -0.116. The molecule has 2 heterocycles. The molecule has 0 radical (unpaired) electrons. The molecule has 33 heavy (non-hydrogen) atoms. The van der Waals surface area contributed by atoms with Gasteiger partial charge in [0.05, 0.1) is 38.9 Å². The second kappa shape index (κ2) is 9.21. The number of pyridine rings is 1. The molecule has 0 bridgehead atoms. The quantitative estimate of drug-likeness (QED) is 0.436. The van der Waals surface area contributed by atoms with E-state index in [2.05, 4.69) is 10.4 Å². The molecule has 2 amide bonds. The highest BCUT2D eigenvalue weighted by Crippen LogP contribution is 2.28. The summed E-state index contributed by atoms with van der Waals surface area (Å²) in [7, 11) is 3.37. The first-order valence-corrected chi connectivity index (χ1v) is 10.9. The second-order valence-electron chi connectivity index (χ2n) is 7.67. The van der Waals surface area contributed by atoms with Crippen molar-refractivity contribution < 1.29 is 9.59 Å². The molecule has 0 atom stereocenters. The van der Waals surface area contributed by atoms with Gasteiger partial charge in [0.15, 0.2) is 5.65 Å². The fourth-order valence-corrected chi connectivity index (χ4v) is 3.94. The Labute approximate surface area is 200 Å². The summed E-state index contributed by atoms with van der Waals surface area (Å²) in [6.07, 6.45) is 0. The molecule has 0 saturated carbocycles. The molecule has 2 aromatic heterocycles. The molecular weight excluding hydrogens is 461 g/mol. The van der Waals surface area contributed by atoms with Crippen molar-refractivity contribution >= 4 is 51.7 Å². The number of likely N-dealkylation sites (N-methyl/N-ethyl adjacent to an activating group) is 1. The third-order valence-electron chi connectivity index (χ3n) is 5.20. The molecule has 9 heteroatoms. The molecule has 2 aromatic carbocycles. The number of halogens is 2. The predicted molar refractivity (Wildman–Crippen MR) is 131 cm³/mol. The molecule has 7 nitrogen and oxygen atoms in total. The number of carbonyl (C=O) groups excluding carboxylic acids is 2. The third kappa shape index (κ3) is 4.69. The number of aromatic nitrogens is 3. The maximum atomic E-state index is 13.4. The number of hydrogen-bond donors (Lipinski definition) is 1. The molecule has 0 aliphatic carbocycles. The van der Waals surface area contributed by atoms with Crippen LogP contribution in [0.25, 0.3) is 22.3 Å². The van der Waals surface area contributed by atoms with Crippen molar-refractivity contribution in [3.8, 4) is 11.3 Å². The fourth-order valence-electron chi connectivity index (χ4n) is 3.64. The first-order chi connectivity index (χ1) is 15.7. The number of hydrogen-bond acceptors (Lipinski definition) is 4. The van der Waals surface area contributed by atoms with Gasteiger partial charge in [-0.05, 0) is 31.2 Å². The molecule has 0 spiro atoms. The van der Waals surface area contributed by atoms with Crippen molar-refractivity contribution in [2.75, 3.05) is 18.9 Å². The number of anilines is 1. The van der Waals surface area contributed by atoms with Gasteiger partial charge in [0.1, 0.15) is 0 Å². The first-order valence-electron chi connectivity index (χ1n) is 10.1. The van der Waals surface area contributed by atoms with Crippen LogP contribution in [-0.2, 0) is 11.8 Å². The highest BCUT2D eigenvalue weighted by Gasteiger charge is 2.23. The molecule has 0 aliphatic rings. The second-order valence-corrected chi connectivity index (χ2v) is 8.48. The zero-order valence-electron chi connectivity index (χ0n) is 18.3. The van der Waals surface area contributed by atoms with Crippen molar-refractivity contribution in [2.24, 2.45) is 7.05 Å². The van der Waals surface area contributed by atoms with Gasteiger partial charge in [0, 0.05) is 25.3 Å². The van der Waals surface area contributed by atoms with Crippen molar-refractivity contribution in [2.45, 2.75) is 6.92 Å². The Morgan fingerprint density at radius 3 is 2.48 bits per heavy atom. The number of benzene rings is 2. The van der Waals surface area contributed by atoms with Crippen LogP contribution in [0.4, 0.5) is 5.69 Å². The molecule has 0 saturated heterocycles. The summed E-state index contributed by atoms with van der Waals surface area (Å²) in [5.41, 5.74) is 3.77. The Kier molecular flexibility index (Phi) is 6.35. The maximum absolute atomic E-state index is 13.4. The topological polar surface area (TPSA) is 80.1 Å². The lowest BCUT2D eigenvalue weighted by atomic mass is 10.0. The van der Waals surface area contributed by atoms with Crippen LogP contribution in [0.5, 0.6) is 0 Å². The lowest BCUT2D eigenvalue weighted by Gasteiger charge is -2.18. The molecule has 0 fully saturated rings. The van der Waals surface area contributed by atoms with Crippen LogP contribution < -0.4 is 5.32 Å². The molecule has 168 valence electrons. The van der Waals surface area contributed by atoms with Crippen LogP contribution in [0.3, 0.4) is 0 Å². The van der Waals surface area contributed by atoms with Crippen LogP contribution in [0.1, 0.15) is 16.1 Å². The number of amides is 2. The van der Waals surface area contributed by atoms with Gasteiger partial charge in [-0.1, -0.05) is 53.5 Å². The van der Waals surface area contributed by atoms with E-state index in [0.29, 0.717) is 43.7 Å². The highest BCUT2D eigenvalue weighted by molar-refractivity contribution is 6.42. The summed E-state index contributed by atoms with van der Waals surface area (Å²) in [6.45, 7) is 1.68. The zero-order chi connectivity index (χ0) is 23.7. The molecule has 4 rings (SSSR count). The molecule has 0 unspecified atom stereocenters. The van der Waals surface area contributed by atoms with Crippen LogP contribution in [-0.4, -0.2) is 45.1 Å². The summed E-state index contributed by atoms with van der Waals surface area (Å²) in [6, 6.07) is 16.2. The van der Waals surface area contributed by atoms with Gasteiger partial charge in [0.2, 0.25) is 5.91 Å². The Morgan fingerprint density at radius 1 is 1.06 bits per heavy atom. The highest BCUT2D eigenvalue weighted by atomic mass is 35.5. The third-order valence-corrected chi connectivity index (χ3v) is 5.94. The van der Waals surface area contributed by atoms with Crippen LogP contribution in [0.15, 0.2) is 54.6 Å². The largest absolute Gasteiger partial charge is 0.332 e.